The van der Waals surface area contributed by atoms with Crippen molar-refractivity contribution in [2.45, 2.75) is 31.0 Å². The molecule has 1 aliphatic heterocycles. The second kappa shape index (κ2) is 6.66. The van der Waals surface area contributed by atoms with Gasteiger partial charge in [0.15, 0.2) is 0 Å². The molecule has 3 rings (SSSR count). The van der Waals surface area contributed by atoms with Gasteiger partial charge in [0.05, 0.1) is 13.1 Å². The van der Waals surface area contributed by atoms with Crippen LogP contribution < -0.4 is 0 Å². The lowest BCUT2D eigenvalue weighted by Crippen LogP contribution is -2.75. The minimum atomic E-state index is -2.21. The van der Waals surface area contributed by atoms with Crippen molar-refractivity contribution in [2.24, 2.45) is 5.92 Å². The standard InChI is InChI=1S/C18H19N3O6/c1-13(22)9-15-17(20(24)25)8-7-16(23)18(15,21(26)27)12-19(11-17)10-14-5-3-2-4-6-14/h2-8,15H,9-12H2,1H3/t15-,17+,18+/m0/s1. The summed E-state index contributed by atoms with van der Waals surface area (Å²) in [4.78, 5) is 48.7. The van der Waals surface area contributed by atoms with E-state index < -0.39 is 44.8 Å². The number of hydrogen-bond acceptors (Lipinski definition) is 7. The van der Waals surface area contributed by atoms with E-state index in [-0.39, 0.29) is 19.6 Å². The molecule has 1 saturated heterocycles. The summed E-state index contributed by atoms with van der Waals surface area (Å²) in [5, 5.41) is 24.1. The van der Waals surface area contributed by atoms with E-state index in [1.807, 2.05) is 18.2 Å². The fourth-order valence-electron chi connectivity index (χ4n) is 4.28. The van der Waals surface area contributed by atoms with Crippen molar-refractivity contribution in [1.29, 1.82) is 0 Å². The molecule has 1 aromatic carbocycles. The molecule has 1 aliphatic carbocycles. The molecule has 27 heavy (non-hydrogen) atoms. The topological polar surface area (TPSA) is 124 Å². The molecule has 3 atom stereocenters. The second-order valence-electron chi connectivity index (χ2n) is 7.22. The Kier molecular flexibility index (Phi) is 4.64. The highest BCUT2D eigenvalue weighted by Crippen LogP contribution is 2.46. The Balaban J connectivity index is 2.11. The third-order valence-electron chi connectivity index (χ3n) is 5.48. The zero-order valence-corrected chi connectivity index (χ0v) is 14.7. The zero-order chi connectivity index (χ0) is 19.8. The fourth-order valence-corrected chi connectivity index (χ4v) is 4.28. The predicted molar refractivity (Wildman–Crippen MR) is 94.1 cm³/mol. The van der Waals surface area contributed by atoms with E-state index in [1.165, 1.54) is 6.92 Å². The van der Waals surface area contributed by atoms with Crippen LogP contribution in [-0.4, -0.2) is 50.5 Å². The molecule has 1 fully saturated rings. The number of fused-ring (bicyclic) bond motifs is 2. The van der Waals surface area contributed by atoms with Gasteiger partial charge in [0.2, 0.25) is 5.78 Å². The lowest BCUT2D eigenvalue weighted by molar-refractivity contribution is -0.624. The van der Waals surface area contributed by atoms with Crippen LogP contribution in [0.3, 0.4) is 0 Å². The van der Waals surface area contributed by atoms with Crippen LogP contribution in [0.15, 0.2) is 42.5 Å². The summed E-state index contributed by atoms with van der Waals surface area (Å²) in [5.74, 6) is -2.54. The van der Waals surface area contributed by atoms with E-state index in [9.17, 15) is 29.8 Å². The maximum absolute atomic E-state index is 12.6. The van der Waals surface area contributed by atoms with E-state index in [0.29, 0.717) is 0 Å². The Morgan fingerprint density at radius 3 is 2.41 bits per heavy atom. The van der Waals surface area contributed by atoms with Crippen LogP contribution in [0, 0.1) is 26.1 Å². The van der Waals surface area contributed by atoms with Crippen LogP contribution in [0.2, 0.25) is 0 Å². The fraction of sp³-hybridized carbons (Fsp3) is 0.444. The van der Waals surface area contributed by atoms with Crippen molar-refractivity contribution in [3.05, 3.63) is 68.3 Å². The molecular weight excluding hydrogens is 354 g/mol. The van der Waals surface area contributed by atoms with E-state index in [1.54, 1.807) is 17.0 Å². The van der Waals surface area contributed by atoms with Crippen LogP contribution in [0.25, 0.3) is 0 Å². The van der Waals surface area contributed by atoms with Crippen LogP contribution in [0.1, 0.15) is 18.9 Å². The third-order valence-corrected chi connectivity index (χ3v) is 5.48. The average molecular weight is 373 g/mol. The number of carbonyl (C=O) groups is 2. The summed E-state index contributed by atoms with van der Waals surface area (Å²) in [6.45, 7) is 1.08. The van der Waals surface area contributed by atoms with Gasteiger partial charge in [-0.15, -0.1) is 0 Å². The normalized spacial score (nSPS) is 30.1. The van der Waals surface area contributed by atoms with E-state index in [2.05, 4.69) is 0 Å². The van der Waals surface area contributed by atoms with E-state index in [0.717, 1.165) is 17.7 Å². The molecule has 2 bridgehead atoms. The molecule has 9 heteroatoms. The van der Waals surface area contributed by atoms with Crippen molar-refractivity contribution < 1.29 is 19.4 Å². The molecule has 0 unspecified atom stereocenters. The molecule has 0 amide bonds. The third kappa shape index (κ3) is 2.93. The smallest absolute Gasteiger partial charge is 0.300 e. The number of likely N-dealkylation sites (tertiary alicyclic amines) is 1. The highest BCUT2D eigenvalue weighted by atomic mass is 16.6. The summed E-state index contributed by atoms with van der Waals surface area (Å²) < 4.78 is 0. The average Bonchev–Trinajstić information content (AvgIpc) is 2.59. The highest BCUT2D eigenvalue weighted by Gasteiger charge is 2.73. The predicted octanol–water partition coefficient (Wildman–Crippen LogP) is 1.27. The summed E-state index contributed by atoms with van der Waals surface area (Å²) in [5.41, 5.74) is -3.24. The van der Waals surface area contributed by atoms with Crippen molar-refractivity contribution in [2.75, 3.05) is 13.1 Å². The Bertz CT molecular complexity index is 839. The summed E-state index contributed by atoms with van der Waals surface area (Å²) in [7, 11) is 0. The van der Waals surface area contributed by atoms with Gasteiger partial charge >= 0.3 is 5.54 Å². The minimum Gasteiger partial charge on any atom is -0.300 e. The molecular formula is C18H19N3O6. The molecule has 0 saturated carbocycles. The minimum absolute atomic E-state index is 0.105. The molecule has 0 aromatic heterocycles. The number of rotatable bonds is 6. The lowest BCUT2D eigenvalue weighted by Gasteiger charge is -2.48. The van der Waals surface area contributed by atoms with E-state index in [4.69, 9.17) is 0 Å². The molecule has 0 spiro atoms. The van der Waals surface area contributed by atoms with Gasteiger partial charge in [0.1, 0.15) is 11.7 Å². The van der Waals surface area contributed by atoms with Crippen LogP contribution >= 0.6 is 0 Å². The van der Waals surface area contributed by atoms with Crippen molar-refractivity contribution in [3.8, 4) is 0 Å². The molecule has 9 nitrogen and oxygen atoms in total. The first-order chi connectivity index (χ1) is 12.7. The van der Waals surface area contributed by atoms with Crippen LogP contribution in [-0.2, 0) is 16.1 Å². The number of ketones is 2. The van der Waals surface area contributed by atoms with Gasteiger partial charge in [-0.3, -0.25) is 29.9 Å². The van der Waals surface area contributed by atoms with Gasteiger partial charge in [-0.25, -0.2) is 0 Å². The quantitative estimate of drug-likeness (QED) is 0.543. The monoisotopic (exact) mass is 373 g/mol. The van der Waals surface area contributed by atoms with Gasteiger partial charge in [-0.1, -0.05) is 30.3 Å². The first-order valence-corrected chi connectivity index (χ1v) is 8.51. The summed E-state index contributed by atoms with van der Waals surface area (Å²) in [6.07, 6.45) is 1.70. The zero-order valence-electron chi connectivity index (χ0n) is 14.7. The van der Waals surface area contributed by atoms with Crippen molar-refractivity contribution in [1.82, 2.24) is 4.90 Å². The van der Waals surface area contributed by atoms with E-state index >= 15 is 0 Å². The maximum atomic E-state index is 12.6. The molecule has 1 aromatic rings. The second-order valence-corrected chi connectivity index (χ2v) is 7.22. The molecule has 142 valence electrons. The molecule has 0 N–H and O–H groups in total. The molecule has 0 radical (unpaired) electrons. The first kappa shape index (κ1) is 18.8. The summed E-state index contributed by atoms with van der Waals surface area (Å²) >= 11 is 0. The number of nitro groups is 2. The molecule has 2 aliphatic rings. The lowest BCUT2D eigenvalue weighted by atomic mass is 9.61. The number of hydrogen-bond donors (Lipinski definition) is 0. The van der Waals surface area contributed by atoms with Gasteiger partial charge < -0.3 is 4.79 Å². The number of piperidine rings is 1. The van der Waals surface area contributed by atoms with Gasteiger partial charge in [-0.2, -0.15) is 0 Å². The number of carbonyl (C=O) groups excluding carboxylic acids is 2. The first-order valence-electron chi connectivity index (χ1n) is 8.51. The largest absolute Gasteiger partial charge is 0.305 e. The van der Waals surface area contributed by atoms with Gasteiger partial charge in [0.25, 0.3) is 5.54 Å². The van der Waals surface area contributed by atoms with Gasteiger partial charge in [-0.05, 0) is 24.6 Å². The van der Waals surface area contributed by atoms with Gasteiger partial charge in [0, 0.05) is 22.8 Å². The number of benzene rings is 1. The summed E-state index contributed by atoms with van der Waals surface area (Å²) in [6, 6.07) is 9.05. The maximum Gasteiger partial charge on any atom is 0.305 e. The Hall–Kier alpha value is -2.94. The number of nitrogens with zero attached hydrogens (tertiary/aromatic N) is 3. The Morgan fingerprint density at radius 2 is 1.85 bits per heavy atom. The van der Waals surface area contributed by atoms with Crippen molar-refractivity contribution >= 4 is 11.6 Å². The number of Topliss-reactive ketones (excluding diaryl/α,β-unsaturated/α-hetero) is 1. The highest BCUT2D eigenvalue weighted by molar-refractivity contribution is 5.99. The Labute approximate surface area is 154 Å². The van der Waals surface area contributed by atoms with Crippen LogP contribution in [0.4, 0.5) is 0 Å². The van der Waals surface area contributed by atoms with Crippen molar-refractivity contribution in [3.63, 3.8) is 0 Å². The Morgan fingerprint density at radius 1 is 1.19 bits per heavy atom. The molecule has 1 heterocycles. The van der Waals surface area contributed by atoms with Crippen LogP contribution in [0.5, 0.6) is 0 Å². The SMILES string of the molecule is CC(=O)C[C@@H]1[C@]2([N+](=O)[O-])CN(Cc3ccccc3)C[C@]1([N+](=O)[O-])C=CC2=O.